The van der Waals surface area contributed by atoms with Crippen LogP contribution < -0.4 is 5.46 Å². The minimum atomic E-state index is -9.71. The summed E-state index contributed by atoms with van der Waals surface area (Å²) in [6.45, 7) is 6.89. The molecule has 120 valence electrons. The summed E-state index contributed by atoms with van der Waals surface area (Å²) >= 11 is 0. The van der Waals surface area contributed by atoms with Crippen molar-refractivity contribution in [3.63, 3.8) is 0 Å². The maximum Gasteiger partial charge on any atom is 0.494 e. The minimum Gasteiger partial charge on any atom is -0.399 e. The van der Waals surface area contributed by atoms with Gasteiger partial charge in [-0.3, -0.25) is 0 Å². The van der Waals surface area contributed by atoms with Crippen molar-refractivity contribution in [1.29, 1.82) is 0 Å². The normalized spacial score (nSPS) is 24.5. The number of halogens is 5. The summed E-state index contributed by atoms with van der Waals surface area (Å²) in [5, 5.41) is 0. The van der Waals surface area contributed by atoms with Crippen LogP contribution in [0.2, 0.25) is 0 Å². The Hall–Kier alpha value is -0.795. The van der Waals surface area contributed by atoms with E-state index in [2.05, 4.69) is 0 Å². The standard InChI is InChI=1S/C12H16BF5O2S/c1-11(2)12(3,4)20-13(19-11)9-6-5-7-10(8-9)21(14,15,16,17)18/h5-8H,1-4H3. The fraction of sp³-hybridized carbons (Fsp3) is 0.500. The van der Waals surface area contributed by atoms with Gasteiger partial charge in [0.15, 0.2) is 0 Å². The Morgan fingerprint density at radius 1 is 0.905 bits per heavy atom. The van der Waals surface area contributed by atoms with E-state index in [1.807, 2.05) is 0 Å². The lowest BCUT2D eigenvalue weighted by molar-refractivity contribution is 0.00578. The van der Waals surface area contributed by atoms with Crippen LogP contribution in [0.4, 0.5) is 19.4 Å². The topological polar surface area (TPSA) is 18.5 Å². The third-order valence-corrected chi connectivity index (χ3v) is 4.97. The van der Waals surface area contributed by atoms with Gasteiger partial charge in [-0.1, -0.05) is 31.6 Å². The average Bonchev–Trinajstić information content (AvgIpc) is 2.45. The first-order valence-electron chi connectivity index (χ1n) is 6.22. The van der Waals surface area contributed by atoms with E-state index in [9.17, 15) is 19.4 Å². The third-order valence-electron chi connectivity index (χ3n) is 3.83. The molecular weight excluding hydrogens is 314 g/mol. The van der Waals surface area contributed by atoms with Gasteiger partial charge in [-0.15, -0.1) is 0 Å². The van der Waals surface area contributed by atoms with Crippen molar-refractivity contribution >= 4 is 22.8 Å². The third kappa shape index (κ3) is 3.19. The fourth-order valence-corrected chi connectivity index (χ4v) is 2.57. The van der Waals surface area contributed by atoms with Crippen molar-refractivity contribution in [2.24, 2.45) is 0 Å². The lowest BCUT2D eigenvalue weighted by atomic mass is 9.79. The predicted octanol–water partition coefficient (Wildman–Crippen LogP) is 4.64. The second kappa shape index (κ2) is 3.75. The molecule has 0 N–H and O–H groups in total. The molecule has 0 spiro atoms. The molecule has 1 fully saturated rings. The predicted molar refractivity (Wildman–Crippen MR) is 73.6 cm³/mol. The SMILES string of the molecule is CC1(C)OB(c2cccc(S(F)(F)(F)(F)F)c2)OC1(C)C. The second-order valence-electron chi connectivity index (χ2n) is 6.13. The maximum absolute atomic E-state index is 12.8. The zero-order chi connectivity index (χ0) is 16.4. The van der Waals surface area contributed by atoms with E-state index in [4.69, 9.17) is 9.31 Å². The van der Waals surface area contributed by atoms with Crippen LogP contribution in [0.3, 0.4) is 0 Å². The molecule has 1 aliphatic heterocycles. The molecule has 0 bridgehead atoms. The van der Waals surface area contributed by atoms with Gasteiger partial charge >= 0.3 is 17.3 Å². The van der Waals surface area contributed by atoms with Gasteiger partial charge in [0.2, 0.25) is 0 Å². The van der Waals surface area contributed by atoms with Crippen molar-refractivity contribution in [3.8, 4) is 0 Å². The Kier molecular flexibility index (Phi) is 2.96. The Balaban J connectivity index is 2.42. The lowest BCUT2D eigenvalue weighted by Gasteiger charge is -2.40. The second-order valence-corrected chi connectivity index (χ2v) is 8.54. The van der Waals surface area contributed by atoms with Crippen LogP contribution in [0.15, 0.2) is 29.2 Å². The van der Waals surface area contributed by atoms with Gasteiger partial charge < -0.3 is 9.31 Å². The molecule has 1 saturated heterocycles. The quantitative estimate of drug-likeness (QED) is 0.581. The Labute approximate surface area is 120 Å². The van der Waals surface area contributed by atoms with E-state index in [-0.39, 0.29) is 5.46 Å². The van der Waals surface area contributed by atoms with Crippen molar-refractivity contribution in [2.45, 2.75) is 43.8 Å². The molecule has 0 unspecified atom stereocenters. The molecule has 0 radical (unpaired) electrons. The first kappa shape index (κ1) is 16.6. The van der Waals surface area contributed by atoms with E-state index in [0.717, 1.165) is 6.07 Å². The number of benzene rings is 1. The zero-order valence-electron chi connectivity index (χ0n) is 12.0. The molecule has 9 heteroatoms. The Morgan fingerprint density at radius 3 is 1.81 bits per heavy atom. The highest BCUT2D eigenvalue weighted by molar-refractivity contribution is 8.45. The molecule has 0 aromatic heterocycles. The number of hydrogen-bond acceptors (Lipinski definition) is 2. The molecule has 0 atom stereocenters. The fourth-order valence-electron chi connectivity index (χ4n) is 1.88. The first-order valence-corrected chi connectivity index (χ1v) is 8.17. The highest BCUT2D eigenvalue weighted by atomic mass is 32.5. The summed E-state index contributed by atoms with van der Waals surface area (Å²) in [6.07, 6.45) is 0. The molecule has 1 aromatic carbocycles. The molecule has 0 aliphatic carbocycles. The van der Waals surface area contributed by atoms with Gasteiger partial charge in [-0.2, -0.15) is 0 Å². The maximum atomic E-state index is 12.8. The molecular formula is C12H16BF5O2S. The molecule has 2 rings (SSSR count). The molecule has 0 amide bonds. The van der Waals surface area contributed by atoms with Crippen LogP contribution in [-0.2, 0) is 9.31 Å². The summed E-state index contributed by atoms with van der Waals surface area (Å²) in [5.41, 5.74) is -1.61. The van der Waals surface area contributed by atoms with E-state index >= 15 is 0 Å². The van der Waals surface area contributed by atoms with Crippen LogP contribution in [0.1, 0.15) is 27.7 Å². The van der Waals surface area contributed by atoms with Gasteiger partial charge in [0, 0.05) is 0 Å². The molecule has 21 heavy (non-hydrogen) atoms. The summed E-state index contributed by atoms with van der Waals surface area (Å²) in [5.74, 6) is 0. The zero-order valence-corrected chi connectivity index (χ0v) is 12.8. The summed E-state index contributed by atoms with van der Waals surface area (Å²) in [4.78, 5) is -1.94. The van der Waals surface area contributed by atoms with Gasteiger partial charge in [-0.05, 0) is 45.3 Å². The summed E-state index contributed by atoms with van der Waals surface area (Å²) in [7, 11) is -10.8. The van der Waals surface area contributed by atoms with Gasteiger partial charge in [0.25, 0.3) is 0 Å². The molecule has 1 aliphatic rings. The van der Waals surface area contributed by atoms with Crippen molar-refractivity contribution in [3.05, 3.63) is 24.3 Å². The largest absolute Gasteiger partial charge is 0.494 e. The van der Waals surface area contributed by atoms with Crippen LogP contribution in [0.5, 0.6) is 0 Å². The van der Waals surface area contributed by atoms with Gasteiger partial charge in [0.1, 0.15) is 4.90 Å². The van der Waals surface area contributed by atoms with Crippen LogP contribution >= 0.6 is 10.2 Å². The highest BCUT2D eigenvalue weighted by Crippen LogP contribution is 3.02. The lowest BCUT2D eigenvalue weighted by Crippen LogP contribution is -2.41. The Bertz CT molecular complexity index is 569. The van der Waals surface area contributed by atoms with Crippen LogP contribution in [0, 0.1) is 0 Å². The van der Waals surface area contributed by atoms with Gasteiger partial charge in [0.05, 0.1) is 11.2 Å². The monoisotopic (exact) mass is 330 g/mol. The highest BCUT2D eigenvalue weighted by Gasteiger charge is 2.65. The Morgan fingerprint density at radius 2 is 1.38 bits per heavy atom. The van der Waals surface area contributed by atoms with E-state index in [0.29, 0.717) is 12.1 Å². The van der Waals surface area contributed by atoms with Crippen molar-refractivity contribution in [2.75, 3.05) is 0 Å². The summed E-state index contributed by atoms with van der Waals surface area (Å²) in [6, 6.07) is 2.95. The van der Waals surface area contributed by atoms with Crippen molar-refractivity contribution in [1.82, 2.24) is 0 Å². The smallest absolute Gasteiger partial charge is 0.399 e. The number of rotatable bonds is 2. The first-order chi connectivity index (χ1) is 9.02. The van der Waals surface area contributed by atoms with E-state index < -0.39 is 33.4 Å². The van der Waals surface area contributed by atoms with Gasteiger partial charge in [-0.25, -0.2) is 0 Å². The van der Waals surface area contributed by atoms with E-state index in [1.165, 1.54) is 6.07 Å². The van der Waals surface area contributed by atoms with Crippen LogP contribution in [0.25, 0.3) is 0 Å². The van der Waals surface area contributed by atoms with Crippen molar-refractivity contribution < 1.29 is 28.7 Å². The minimum absolute atomic E-state index is 0.0839. The summed E-state index contributed by atoms with van der Waals surface area (Å²) < 4.78 is 75.3. The number of hydrogen-bond donors (Lipinski definition) is 0. The average molecular weight is 330 g/mol. The molecule has 1 aromatic rings. The van der Waals surface area contributed by atoms with Crippen LogP contribution in [-0.4, -0.2) is 18.3 Å². The van der Waals surface area contributed by atoms with E-state index in [1.54, 1.807) is 27.7 Å². The molecule has 1 heterocycles. The molecule has 0 saturated carbocycles. The molecule has 2 nitrogen and oxygen atoms in total.